The van der Waals surface area contributed by atoms with Crippen molar-refractivity contribution in [3.63, 3.8) is 0 Å². The fourth-order valence-corrected chi connectivity index (χ4v) is 3.03. The molecule has 2 heteroatoms. The van der Waals surface area contributed by atoms with Crippen molar-refractivity contribution in [3.8, 4) is 0 Å². The molecular weight excluding hydrogens is 206 g/mol. The van der Waals surface area contributed by atoms with Gasteiger partial charge in [-0.3, -0.25) is 0 Å². The third-order valence-electron chi connectivity index (χ3n) is 4.03. The predicted octanol–water partition coefficient (Wildman–Crippen LogP) is 0.493. The highest BCUT2D eigenvalue weighted by Gasteiger charge is 2.16. The SMILES string of the molecule is C1CCC(CNC2CCCCC2)CC1.[Cl-]. The third kappa shape index (κ3) is 4.74. The summed E-state index contributed by atoms with van der Waals surface area (Å²) in [7, 11) is 0. The Balaban J connectivity index is 0.00000112. The van der Waals surface area contributed by atoms with E-state index >= 15 is 0 Å². The predicted molar refractivity (Wildman–Crippen MR) is 61.5 cm³/mol. The van der Waals surface area contributed by atoms with Crippen LogP contribution < -0.4 is 17.7 Å². The van der Waals surface area contributed by atoms with Gasteiger partial charge in [-0.25, -0.2) is 0 Å². The molecule has 1 N–H and O–H groups in total. The molecule has 0 amide bonds. The Morgan fingerprint density at radius 2 is 1.27 bits per heavy atom. The van der Waals surface area contributed by atoms with Crippen LogP contribution in [0.2, 0.25) is 0 Å². The van der Waals surface area contributed by atoms with Crippen molar-refractivity contribution in [2.75, 3.05) is 6.54 Å². The minimum Gasteiger partial charge on any atom is -1.00 e. The minimum atomic E-state index is 0. The van der Waals surface area contributed by atoms with Gasteiger partial charge in [0.1, 0.15) is 0 Å². The fraction of sp³-hybridized carbons (Fsp3) is 1.00. The molecule has 0 radical (unpaired) electrons. The van der Waals surface area contributed by atoms with Gasteiger partial charge in [-0.15, -0.1) is 0 Å². The molecule has 0 bridgehead atoms. The van der Waals surface area contributed by atoms with E-state index in [9.17, 15) is 0 Å². The van der Waals surface area contributed by atoms with Crippen LogP contribution >= 0.6 is 0 Å². The van der Waals surface area contributed by atoms with Gasteiger partial charge < -0.3 is 17.7 Å². The van der Waals surface area contributed by atoms with Crippen molar-refractivity contribution in [1.82, 2.24) is 5.32 Å². The van der Waals surface area contributed by atoms with Gasteiger partial charge in [0, 0.05) is 6.04 Å². The molecule has 2 saturated carbocycles. The van der Waals surface area contributed by atoms with Crippen molar-refractivity contribution in [2.24, 2.45) is 5.92 Å². The van der Waals surface area contributed by atoms with E-state index in [0.717, 1.165) is 12.0 Å². The van der Waals surface area contributed by atoms with Crippen LogP contribution in [-0.2, 0) is 0 Å². The van der Waals surface area contributed by atoms with Crippen molar-refractivity contribution >= 4 is 0 Å². The Labute approximate surface area is 101 Å². The molecule has 0 spiro atoms. The van der Waals surface area contributed by atoms with E-state index in [4.69, 9.17) is 0 Å². The van der Waals surface area contributed by atoms with Crippen LogP contribution in [0.5, 0.6) is 0 Å². The van der Waals surface area contributed by atoms with Crippen molar-refractivity contribution < 1.29 is 12.4 Å². The average molecular weight is 231 g/mol. The van der Waals surface area contributed by atoms with Crippen LogP contribution in [0.3, 0.4) is 0 Å². The average Bonchev–Trinajstić information content (AvgIpc) is 2.29. The van der Waals surface area contributed by atoms with Gasteiger partial charge in [-0.05, 0) is 38.1 Å². The van der Waals surface area contributed by atoms with Crippen molar-refractivity contribution in [1.29, 1.82) is 0 Å². The van der Waals surface area contributed by atoms with Gasteiger partial charge in [0.05, 0.1) is 0 Å². The Morgan fingerprint density at radius 1 is 0.733 bits per heavy atom. The van der Waals surface area contributed by atoms with Gasteiger partial charge in [-0.2, -0.15) is 0 Å². The first-order valence-electron chi connectivity index (χ1n) is 6.68. The standard InChI is InChI=1S/C13H25N.ClH/c1-3-7-12(8-4-1)11-14-13-9-5-2-6-10-13;/h12-14H,1-11H2;1H/p-1. The lowest BCUT2D eigenvalue weighted by Crippen LogP contribution is -3.00. The maximum Gasteiger partial charge on any atom is 0.00671 e. The summed E-state index contributed by atoms with van der Waals surface area (Å²) in [4.78, 5) is 0. The molecule has 1 nitrogen and oxygen atoms in total. The zero-order chi connectivity index (χ0) is 9.64. The molecule has 2 aliphatic carbocycles. The molecule has 0 unspecified atom stereocenters. The molecule has 90 valence electrons. The summed E-state index contributed by atoms with van der Waals surface area (Å²) in [5.74, 6) is 1.01. The molecule has 15 heavy (non-hydrogen) atoms. The van der Waals surface area contributed by atoms with Crippen molar-refractivity contribution in [3.05, 3.63) is 0 Å². The number of nitrogens with one attached hydrogen (secondary N) is 1. The molecule has 2 fully saturated rings. The highest BCUT2D eigenvalue weighted by atomic mass is 35.5. The van der Waals surface area contributed by atoms with E-state index in [-0.39, 0.29) is 12.4 Å². The van der Waals surface area contributed by atoms with Gasteiger partial charge in [-0.1, -0.05) is 38.5 Å². The summed E-state index contributed by atoms with van der Waals surface area (Å²) in [5.41, 5.74) is 0. The first-order valence-corrected chi connectivity index (χ1v) is 6.68. The molecule has 0 atom stereocenters. The number of halogens is 1. The second-order valence-electron chi connectivity index (χ2n) is 5.25. The van der Waals surface area contributed by atoms with E-state index in [1.165, 1.54) is 70.8 Å². The molecular formula is C13H25ClN-. The first-order chi connectivity index (χ1) is 6.95. The molecule has 2 aliphatic rings. The molecule has 0 saturated heterocycles. The second kappa shape index (κ2) is 7.51. The topological polar surface area (TPSA) is 12.0 Å². The molecule has 0 aromatic rings. The van der Waals surface area contributed by atoms with Crippen LogP contribution in [0.4, 0.5) is 0 Å². The highest BCUT2D eigenvalue weighted by Crippen LogP contribution is 2.24. The summed E-state index contributed by atoms with van der Waals surface area (Å²) >= 11 is 0. The largest absolute Gasteiger partial charge is 1.00 e. The minimum absolute atomic E-state index is 0. The van der Waals surface area contributed by atoms with Crippen LogP contribution in [0.15, 0.2) is 0 Å². The van der Waals surface area contributed by atoms with Crippen LogP contribution in [0, 0.1) is 5.92 Å². The zero-order valence-electron chi connectivity index (χ0n) is 9.81. The highest BCUT2D eigenvalue weighted by molar-refractivity contribution is 4.75. The summed E-state index contributed by atoms with van der Waals surface area (Å²) < 4.78 is 0. The lowest BCUT2D eigenvalue weighted by molar-refractivity contribution is -0.00000311. The van der Waals surface area contributed by atoms with Crippen LogP contribution in [0.1, 0.15) is 64.2 Å². The lowest BCUT2D eigenvalue weighted by Gasteiger charge is -2.27. The van der Waals surface area contributed by atoms with E-state index in [2.05, 4.69) is 5.32 Å². The maximum atomic E-state index is 3.79. The van der Waals surface area contributed by atoms with Gasteiger partial charge in [0.15, 0.2) is 0 Å². The normalized spacial score (nSPS) is 24.8. The summed E-state index contributed by atoms with van der Waals surface area (Å²) in [6.07, 6.45) is 14.7. The first kappa shape index (κ1) is 13.3. The van der Waals surface area contributed by atoms with E-state index in [1.807, 2.05) is 0 Å². The number of hydrogen-bond donors (Lipinski definition) is 1. The zero-order valence-corrected chi connectivity index (χ0v) is 10.6. The number of hydrogen-bond acceptors (Lipinski definition) is 1. The lowest BCUT2D eigenvalue weighted by atomic mass is 9.88. The monoisotopic (exact) mass is 230 g/mol. The van der Waals surface area contributed by atoms with E-state index in [0.29, 0.717) is 0 Å². The van der Waals surface area contributed by atoms with Crippen LogP contribution in [0.25, 0.3) is 0 Å². The smallest absolute Gasteiger partial charge is 0.00671 e. The van der Waals surface area contributed by atoms with E-state index < -0.39 is 0 Å². The summed E-state index contributed by atoms with van der Waals surface area (Å²) in [6, 6.07) is 0.866. The Hall–Kier alpha value is 0.250. The Bertz CT molecular complexity index is 131. The van der Waals surface area contributed by atoms with Crippen molar-refractivity contribution in [2.45, 2.75) is 70.3 Å². The second-order valence-corrected chi connectivity index (χ2v) is 5.25. The number of rotatable bonds is 3. The molecule has 0 aliphatic heterocycles. The summed E-state index contributed by atoms with van der Waals surface area (Å²) in [5, 5.41) is 3.79. The Morgan fingerprint density at radius 3 is 1.87 bits per heavy atom. The fourth-order valence-electron chi connectivity index (χ4n) is 3.03. The molecule has 0 aromatic carbocycles. The molecule has 2 rings (SSSR count). The maximum absolute atomic E-state index is 3.79. The Kier molecular flexibility index (Phi) is 6.67. The molecule has 0 aromatic heterocycles. The van der Waals surface area contributed by atoms with Gasteiger partial charge >= 0.3 is 0 Å². The van der Waals surface area contributed by atoms with E-state index in [1.54, 1.807) is 0 Å². The molecule has 0 heterocycles. The van der Waals surface area contributed by atoms with Crippen LogP contribution in [-0.4, -0.2) is 12.6 Å². The van der Waals surface area contributed by atoms with Gasteiger partial charge in [0.25, 0.3) is 0 Å². The summed E-state index contributed by atoms with van der Waals surface area (Å²) in [6.45, 7) is 1.31. The quantitative estimate of drug-likeness (QED) is 0.745. The third-order valence-corrected chi connectivity index (χ3v) is 4.03. The van der Waals surface area contributed by atoms with Gasteiger partial charge in [0.2, 0.25) is 0 Å².